The summed E-state index contributed by atoms with van der Waals surface area (Å²) < 4.78 is 0. The highest BCUT2D eigenvalue weighted by molar-refractivity contribution is 7.80. The Hall–Kier alpha value is -1.22. The minimum absolute atomic E-state index is 0.150. The Morgan fingerprint density at radius 3 is 2.13 bits per heavy atom. The molecule has 1 amide bonds. The summed E-state index contributed by atoms with van der Waals surface area (Å²) in [6.07, 6.45) is 1.25. The molecule has 1 aromatic rings. The fourth-order valence-electron chi connectivity index (χ4n) is 0.822. The van der Waals surface area contributed by atoms with E-state index in [1.807, 2.05) is 18.2 Å². The lowest BCUT2D eigenvalue weighted by molar-refractivity contribution is 0.0977. The second kappa shape index (κ2) is 8.12. The van der Waals surface area contributed by atoms with Gasteiger partial charge in [0, 0.05) is 5.56 Å². The fraction of sp³-hybridized carbons (Fsp3) is 0.333. The molecule has 0 fully saturated rings. The Bertz CT molecular complexity index is 309. The first kappa shape index (κ1) is 13.8. The molecule has 0 saturated carbocycles. The Labute approximate surface area is 96.7 Å². The normalized spacial score (nSPS) is 8.47. The van der Waals surface area contributed by atoms with Gasteiger partial charge in [0.15, 0.2) is 0 Å². The maximum Gasteiger partial charge on any atom is 0.256 e. The molecule has 15 heavy (non-hydrogen) atoms. The Kier molecular flexibility index (Phi) is 7.46. The summed E-state index contributed by atoms with van der Waals surface area (Å²) in [6.45, 7) is 5.93. The number of carbonyl (C=O) groups excluding carboxylic acids is 1. The van der Waals surface area contributed by atoms with Crippen LogP contribution in [0.3, 0.4) is 0 Å². The molecule has 0 unspecified atom stereocenters. The second-order valence-electron chi connectivity index (χ2n) is 3.08. The summed E-state index contributed by atoms with van der Waals surface area (Å²) in [5.41, 5.74) is 0.627. The van der Waals surface area contributed by atoms with E-state index < -0.39 is 0 Å². The average molecular weight is 223 g/mol. The van der Waals surface area contributed by atoms with Crippen molar-refractivity contribution in [3.8, 4) is 0 Å². The SMILES string of the molecule is CC(=S)NC(=O)c1ccccc1.CCC. The zero-order valence-electron chi connectivity index (χ0n) is 9.41. The van der Waals surface area contributed by atoms with E-state index in [1.165, 1.54) is 6.42 Å². The molecular formula is C12H17NOS. The van der Waals surface area contributed by atoms with Gasteiger partial charge in [0.2, 0.25) is 0 Å². The number of benzene rings is 1. The van der Waals surface area contributed by atoms with Crippen molar-refractivity contribution in [3.05, 3.63) is 35.9 Å². The van der Waals surface area contributed by atoms with E-state index in [1.54, 1.807) is 19.1 Å². The first-order valence-corrected chi connectivity index (χ1v) is 5.39. The molecule has 0 aliphatic rings. The molecule has 0 atom stereocenters. The smallest absolute Gasteiger partial charge is 0.256 e. The van der Waals surface area contributed by atoms with Crippen LogP contribution in [0.15, 0.2) is 30.3 Å². The van der Waals surface area contributed by atoms with E-state index in [9.17, 15) is 4.79 Å². The first-order chi connectivity index (χ1) is 7.11. The summed E-state index contributed by atoms with van der Waals surface area (Å²) in [4.78, 5) is 11.7. The molecule has 0 heterocycles. The summed E-state index contributed by atoms with van der Waals surface area (Å²) in [7, 11) is 0. The summed E-state index contributed by atoms with van der Waals surface area (Å²) >= 11 is 4.74. The third kappa shape index (κ3) is 6.80. The third-order valence-electron chi connectivity index (χ3n) is 1.33. The summed E-state index contributed by atoms with van der Waals surface area (Å²) in [5, 5.41) is 2.55. The van der Waals surface area contributed by atoms with Gasteiger partial charge in [-0.3, -0.25) is 4.79 Å². The van der Waals surface area contributed by atoms with E-state index in [0.29, 0.717) is 10.6 Å². The zero-order chi connectivity index (χ0) is 11.7. The van der Waals surface area contributed by atoms with Crippen LogP contribution in [-0.2, 0) is 0 Å². The third-order valence-corrected chi connectivity index (χ3v) is 1.43. The lowest BCUT2D eigenvalue weighted by Gasteiger charge is -2.00. The molecule has 1 aromatic carbocycles. The first-order valence-electron chi connectivity index (χ1n) is 4.98. The summed E-state index contributed by atoms with van der Waals surface area (Å²) in [6, 6.07) is 8.98. The molecule has 0 aliphatic heterocycles. The second-order valence-corrected chi connectivity index (χ2v) is 3.70. The number of rotatable bonds is 1. The predicted molar refractivity (Wildman–Crippen MR) is 68.1 cm³/mol. The van der Waals surface area contributed by atoms with Crippen LogP contribution in [0.5, 0.6) is 0 Å². The standard InChI is InChI=1S/C9H9NOS.C3H8/c1-7(12)10-9(11)8-5-3-2-4-6-8;1-3-2/h2-6H,1H3,(H,10,11,12);3H2,1-2H3. The van der Waals surface area contributed by atoms with Gasteiger partial charge in [0.25, 0.3) is 5.91 Å². The highest BCUT2D eigenvalue weighted by atomic mass is 32.1. The van der Waals surface area contributed by atoms with Gasteiger partial charge in [-0.1, -0.05) is 50.7 Å². The monoisotopic (exact) mass is 223 g/mol. The van der Waals surface area contributed by atoms with Gasteiger partial charge in [-0.2, -0.15) is 0 Å². The topological polar surface area (TPSA) is 29.1 Å². The number of carbonyl (C=O) groups is 1. The van der Waals surface area contributed by atoms with E-state index in [-0.39, 0.29) is 5.91 Å². The minimum Gasteiger partial charge on any atom is -0.317 e. The van der Waals surface area contributed by atoms with Crippen LogP contribution in [-0.4, -0.2) is 10.9 Å². The molecule has 1 N–H and O–H groups in total. The van der Waals surface area contributed by atoms with Crippen molar-refractivity contribution in [1.82, 2.24) is 5.32 Å². The maximum absolute atomic E-state index is 11.3. The molecule has 0 radical (unpaired) electrons. The maximum atomic E-state index is 11.3. The van der Waals surface area contributed by atoms with Crippen molar-refractivity contribution in [1.29, 1.82) is 0 Å². The molecule has 0 aromatic heterocycles. The van der Waals surface area contributed by atoms with E-state index in [0.717, 1.165) is 0 Å². The number of hydrogen-bond donors (Lipinski definition) is 1. The molecule has 1 rings (SSSR count). The van der Waals surface area contributed by atoms with Crippen molar-refractivity contribution >= 4 is 23.1 Å². The molecule has 2 nitrogen and oxygen atoms in total. The lowest BCUT2D eigenvalue weighted by Crippen LogP contribution is -2.26. The van der Waals surface area contributed by atoms with Gasteiger partial charge in [0.1, 0.15) is 0 Å². The van der Waals surface area contributed by atoms with E-state index >= 15 is 0 Å². The van der Waals surface area contributed by atoms with Gasteiger partial charge in [-0.25, -0.2) is 0 Å². The zero-order valence-corrected chi connectivity index (χ0v) is 10.2. The fourth-order valence-corrected chi connectivity index (χ4v) is 0.914. The van der Waals surface area contributed by atoms with Gasteiger partial charge in [-0.15, -0.1) is 0 Å². The van der Waals surface area contributed by atoms with E-state index in [2.05, 4.69) is 19.2 Å². The van der Waals surface area contributed by atoms with Crippen LogP contribution in [0.25, 0.3) is 0 Å². The molecule has 0 saturated heterocycles. The lowest BCUT2D eigenvalue weighted by atomic mass is 10.2. The van der Waals surface area contributed by atoms with Gasteiger partial charge in [-0.05, 0) is 19.1 Å². The van der Waals surface area contributed by atoms with Crippen molar-refractivity contribution in [2.24, 2.45) is 0 Å². The number of amides is 1. The van der Waals surface area contributed by atoms with Crippen LogP contribution in [0.4, 0.5) is 0 Å². The molecular weight excluding hydrogens is 206 g/mol. The van der Waals surface area contributed by atoms with E-state index in [4.69, 9.17) is 12.2 Å². The van der Waals surface area contributed by atoms with Gasteiger partial charge in [0.05, 0.1) is 4.99 Å². The van der Waals surface area contributed by atoms with Gasteiger partial charge < -0.3 is 5.32 Å². The Balaban J connectivity index is 0.000000583. The average Bonchev–Trinajstić information content (AvgIpc) is 2.19. The minimum atomic E-state index is -0.150. The molecule has 0 aliphatic carbocycles. The van der Waals surface area contributed by atoms with Crippen molar-refractivity contribution in [3.63, 3.8) is 0 Å². The highest BCUT2D eigenvalue weighted by Gasteiger charge is 2.02. The Morgan fingerprint density at radius 1 is 1.27 bits per heavy atom. The van der Waals surface area contributed by atoms with Crippen LogP contribution in [0, 0.1) is 0 Å². The number of hydrogen-bond acceptors (Lipinski definition) is 2. The quantitative estimate of drug-likeness (QED) is 0.741. The molecule has 82 valence electrons. The molecule has 0 spiro atoms. The highest BCUT2D eigenvalue weighted by Crippen LogP contribution is 1.97. The predicted octanol–water partition coefficient (Wildman–Crippen LogP) is 3.18. The number of thiocarbonyl (C=S) groups is 1. The van der Waals surface area contributed by atoms with Crippen LogP contribution in [0.1, 0.15) is 37.6 Å². The van der Waals surface area contributed by atoms with Gasteiger partial charge >= 0.3 is 0 Å². The van der Waals surface area contributed by atoms with Crippen molar-refractivity contribution in [2.45, 2.75) is 27.2 Å². The Morgan fingerprint density at radius 2 is 1.73 bits per heavy atom. The molecule has 3 heteroatoms. The summed E-state index contributed by atoms with van der Waals surface area (Å²) in [5.74, 6) is -0.150. The van der Waals surface area contributed by atoms with Crippen LogP contribution < -0.4 is 5.32 Å². The molecule has 0 bridgehead atoms. The largest absolute Gasteiger partial charge is 0.317 e. The number of nitrogens with one attached hydrogen (secondary N) is 1. The van der Waals surface area contributed by atoms with Crippen molar-refractivity contribution in [2.75, 3.05) is 0 Å². The van der Waals surface area contributed by atoms with Crippen molar-refractivity contribution < 1.29 is 4.79 Å². The van der Waals surface area contributed by atoms with Crippen LogP contribution in [0.2, 0.25) is 0 Å². The van der Waals surface area contributed by atoms with Crippen LogP contribution >= 0.6 is 12.2 Å².